The van der Waals surface area contributed by atoms with Gasteiger partial charge in [0.2, 0.25) is 5.10 Å². The van der Waals surface area contributed by atoms with E-state index in [-0.39, 0.29) is 41.3 Å². The molecular formula is C30H29N7O7. The monoisotopic (exact) mass is 599 g/mol. The Hall–Kier alpha value is -5.34. The second-order valence-corrected chi connectivity index (χ2v) is 11.0. The fraction of sp³-hybridized carbons (Fsp3) is 0.267. The minimum Gasteiger partial charge on any atom is -0.739 e. The Morgan fingerprint density at radius 3 is 2.57 bits per heavy atom. The first-order chi connectivity index (χ1) is 20.9. The van der Waals surface area contributed by atoms with Crippen LogP contribution in [0.4, 0.5) is 5.95 Å². The zero-order valence-electron chi connectivity index (χ0n) is 24.1. The highest BCUT2D eigenvalue weighted by Crippen LogP contribution is 2.39. The van der Waals surface area contributed by atoms with Crippen molar-refractivity contribution in [2.75, 3.05) is 19.8 Å². The summed E-state index contributed by atoms with van der Waals surface area (Å²) in [6.07, 6.45) is 0.104. The van der Waals surface area contributed by atoms with E-state index in [0.29, 0.717) is 50.7 Å². The number of benzene rings is 2. The number of aromatic hydroxyl groups is 1. The molecule has 0 amide bonds. The third kappa shape index (κ3) is 4.42. The molecule has 7 rings (SSSR count). The molecule has 2 aliphatic rings. The Morgan fingerprint density at radius 2 is 1.86 bits per heavy atom. The summed E-state index contributed by atoms with van der Waals surface area (Å²) in [5, 5.41) is 47.9. The number of hydrogen-bond acceptors (Lipinski definition) is 11. The molecule has 5 aromatic rings. The van der Waals surface area contributed by atoms with Gasteiger partial charge in [-0.25, -0.2) is 14.5 Å². The van der Waals surface area contributed by atoms with Crippen LogP contribution in [-0.4, -0.2) is 49.8 Å². The molecule has 0 saturated carbocycles. The normalized spacial score (nSPS) is 16.7. The summed E-state index contributed by atoms with van der Waals surface area (Å²) in [4.78, 5) is 32.6. The van der Waals surface area contributed by atoms with Crippen molar-refractivity contribution < 1.29 is 29.3 Å². The number of aromatic nitrogens is 5. The molecule has 5 heterocycles. The topological polar surface area (TPSA) is 198 Å². The molecule has 0 spiro atoms. The summed E-state index contributed by atoms with van der Waals surface area (Å²) < 4.78 is 7.13. The molecular weight excluding hydrogens is 570 g/mol. The summed E-state index contributed by atoms with van der Waals surface area (Å²) in [5.74, 6) is -0.885. The van der Waals surface area contributed by atoms with E-state index in [1.54, 1.807) is 41.8 Å². The Balaban J connectivity index is 0.000000220. The summed E-state index contributed by atoms with van der Waals surface area (Å²) in [5.41, 5.74) is 7.65. The highest BCUT2D eigenvalue weighted by molar-refractivity contribution is 5.89. The fourth-order valence-corrected chi connectivity index (χ4v) is 5.69. The van der Waals surface area contributed by atoms with E-state index in [4.69, 9.17) is 15.5 Å². The predicted molar refractivity (Wildman–Crippen MR) is 158 cm³/mol. The van der Waals surface area contributed by atoms with Crippen LogP contribution in [0.3, 0.4) is 0 Å². The minimum atomic E-state index is -1.84. The maximum absolute atomic E-state index is 13.2. The van der Waals surface area contributed by atoms with Gasteiger partial charge in [-0.05, 0) is 50.8 Å². The van der Waals surface area contributed by atoms with E-state index in [1.165, 1.54) is 12.1 Å². The van der Waals surface area contributed by atoms with Gasteiger partial charge in [0.25, 0.3) is 11.1 Å². The number of anilines is 1. The molecule has 1 atom stereocenters. The minimum absolute atomic E-state index is 0.104. The summed E-state index contributed by atoms with van der Waals surface area (Å²) in [7, 11) is 3.86. The number of para-hydroxylation sites is 2. The van der Waals surface area contributed by atoms with E-state index in [9.17, 15) is 30.2 Å². The summed E-state index contributed by atoms with van der Waals surface area (Å²) in [6, 6.07) is 13.4. The zero-order chi connectivity index (χ0) is 31.5. The van der Waals surface area contributed by atoms with Crippen LogP contribution < -0.4 is 20.9 Å². The maximum Gasteiger partial charge on any atom is 0.458 e. The van der Waals surface area contributed by atoms with Crippen molar-refractivity contribution in [1.29, 1.82) is 0 Å². The van der Waals surface area contributed by atoms with Gasteiger partial charge in [-0.2, -0.15) is 0 Å². The number of nitrogens with zero attached hydrogens (tertiary/aromatic N) is 6. The smallest absolute Gasteiger partial charge is 0.458 e. The van der Waals surface area contributed by atoms with Gasteiger partial charge in [0, 0.05) is 39.5 Å². The number of cyclic esters (lactones) is 1. The van der Waals surface area contributed by atoms with Crippen LogP contribution in [-0.2, 0) is 34.8 Å². The molecule has 0 fully saturated rings. The highest BCUT2D eigenvalue weighted by Gasteiger charge is 2.45. The van der Waals surface area contributed by atoms with Crippen molar-refractivity contribution in [2.24, 2.45) is 0 Å². The number of aliphatic hydroxyl groups is 1. The average molecular weight is 600 g/mol. The Morgan fingerprint density at radius 1 is 1.14 bits per heavy atom. The van der Waals surface area contributed by atoms with Gasteiger partial charge in [-0.15, -0.1) is 0 Å². The number of esters is 1. The van der Waals surface area contributed by atoms with Crippen molar-refractivity contribution in [3.05, 3.63) is 91.6 Å². The number of phenols is 1. The number of pyridine rings is 2. The van der Waals surface area contributed by atoms with Gasteiger partial charge in [0.05, 0.1) is 29.0 Å². The van der Waals surface area contributed by atoms with Crippen molar-refractivity contribution in [2.45, 2.75) is 38.6 Å². The number of nitrogen functional groups attached to an aromatic ring is 1. The zero-order valence-corrected chi connectivity index (χ0v) is 24.1. The Bertz CT molecular complexity index is 2060. The average Bonchev–Trinajstić information content (AvgIpc) is 3.37. The third-order valence-corrected chi connectivity index (χ3v) is 7.96. The van der Waals surface area contributed by atoms with Gasteiger partial charge in [0.15, 0.2) is 11.1 Å². The van der Waals surface area contributed by atoms with E-state index >= 15 is 0 Å². The molecule has 0 aliphatic carbocycles. The lowest BCUT2D eigenvalue weighted by molar-refractivity contribution is -0.672. The highest BCUT2D eigenvalue weighted by atomic mass is 16.6. The lowest BCUT2D eigenvalue weighted by atomic mass is 9.86. The Labute approximate surface area is 250 Å². The van der Waals surface area contributed by atoms with Crippen LogP contribution in [0.25, 0.3) is 33.3 Å². The number of carbonyl (C=O) groups excluding carboxylic acids is 1. The van der Waals surface area contributed by atoms with Crippen molar-refractivity contribution in [1.82, 2.24) is 19.5 Å². The lowest BCUT2D eigenvalue weighted by Crippen LogP contribution is -2.44. The molecule has 0 radical (unpaired) electrons. The summed E-state index contributed by atoms with van der Waals surface area (Å²) in [6.45, 7) is 2.41. The van der Waals surface area contributed by atoms with E-state index < -0.39 is 11.6 Å². The van der Waals surface area contributed by atoms with Gasteiger partial charge in [0.1, 0.15) is 12.4 Å². The van der Waals surface area contributed by atoms with Crippen LogP contribution in [0.5, 0.6) is 5.75 Å². The first-order valence-electron chi connectivity index (χ1n) is 13.8. The first-order valence-corrected chi connectivity index (χ1v) is 13.8. The number of phenolic OH excluding ortho intramolecular Hbond substituents is 1. The van der Waals surface area contributed by atoms with Crippen LogP contribution in [0.15, 0.2) is 53.3 Å². The fourth-order valence-electron chi connectivity index (χ4n) is 5.69. The SMILES string of the molecule is CC[C@@]1(O)C(=O)OCc2c1cc1n(c2=O)Cc2cc3c(CN(C)C)c(O)ccc3nc2-1.Nc1n[n+]([O-])c2ccccc2[n+]1[O-]. The van der Waals surface area contributed by atoms with Gasteiger partial charge in [-0.3, -0.25) is 10.5 Å². The number of nitrogens with two attached hydrogens (primary N) is 1. The number of carbonyl (C=O) groups is 1. The second kappa shape index (κ2) is 10.4. The van der Waals surface area contributed by atoms with Crippen molar-refractivity contribution in [3.8, 4) is 17.1 Å². The van der Waals surface area contributed by atoms with Crippen LogP contribution in [0.2, 0.25) is 0 Å². The molecule has 4 N–H and O–H groups in total. The maximum atomic E-state index is 13.2. The molecule has 2 aliphatic heterocycles. The number of fused-ring (bicyclic) bond motifs is 6. The van der Waals surface area contributed by atoms with Gasteiger partial charge < -0.3 is 34.8 Å². The van der Waals surface area contributed by atoms with Crippen LogP contribution in [0.1, 0.15) is 35.6 Å². The van der Waals surface area contributed by atoms with Gasteiger partial charge in [-0.1, -0.05) is 19.1 Å². The van der Waals surface area contributed by atoms with Crippen LogP contribution in [0, 0.1) is 10.4 Å². The number of ether oxygens (including phenoxy) is 1. The predicted octanol–water partition coefficient (Wildman–Crippen LogP) is 0.931. The van der Waals surface area contributed by atoms with Gasteiger partial charge >= 0.3 is 11.9 Å². The molecule has 2 aromatic carbocycles. The molecule has 0 bridgehead atoms. The molecule has 14 nitrogen and oxygen atoms in total. The molecule has 0 saturated heterocycles. The number of rotatable bonds is 3. The third-order valence-electron chi connectivity index (χ3n) is 7.96. The van der Waals surface area contributed by atoms with E-state index in [0.717, 1.165) is 16.5 Å². The van der Waals surface area contributed by atoms with E-state index in [2.05, 4.69) is 5.10 Å². The number of hydrogen-bond donors (Lipinski definition) is 3. The molecule has 14 heteroatoms. The van der Waals surface area contributed by atoms with Crippen LogP contribution >= 0.6 is 0 Å². The molecule has 44 heavy (non-hydrogen) atoms. The quantitative estimate of drug-likeness (QED) is 0.149. The first kappa shape index (κ1) is 28.8. The second-order valence-electron chi connectivity index (χ2n) is 11.0. The molecule has 0 unspecified atom stereocenters. The van der Waals surface area contributed by atoms with Crippen molar-refractivity contribution in [3.63, 3.8) is 0 Å². The van der Waals surface area contributed by atoms with Crippen molar-refractivity contribution >= 4 is 33.9 Å². The molecule has 226 valence electrons. The molecule has 3 aromatic heterocycles. The lowest BCUT2D eigenvalue weighted by Gasteiger charge is -2.31. The summed E-state index contributed by atoms with van der Waals surface area (Å²) >= 11 is 0. The van der Waals surface area contributed by atoms with E-state index in [1.807, 2.05) is 25.1 Å². The Kier molecular flexibility index (Phi) is 6.82. The largest absolute Gasteiger partial charge is 0.739 e. The standard InChI is InChI=1S/C23H23N3O5.C7H6N4O2/c1-4-23(30)16-8-18-20-12(9-26(18)21(28)15(16)11-31-22(23)29)7-13-14(10-25(2)3)19(27)6-5-17(13)24-20;8-7-9-11(13)6-4-2-1-3-5(6)10(7)12/h5-8,27,30H,4,9-11H2,1-3H3;1-4H,(H2,8,9)/t23-;/m0./s1.